The van der Waals surface area contributed by atoms with E-state index in [2.05, 4.69) is 15.9 Å². The first-order chi connectivity index (χ1) is 14.0. The van der Waals surface area contributed by atoms with Gasteiger partial charge >= 0.3 is 0 Å². The van der Waals surface area contributed by atoms with E-state index in [4.69, 9.17) is 16.0 Å². The summed E-state index contributed by atoms with van der Waals surface area (Å²) in [5.74, 6) is -0.295. The summed E-state index contributed by atoms with van der Waals surface area (Å²) in [5.41, 5.74) is 1.93. The molecule has 1 aromatic heterocycles. The molecule has 1 aliphatic heterocycles. The first-order valence-corrected chi connectivity index (χ1v) is 10.1. The Morgan fingerprint density at radius 3 is 2.48 bits per heavy atom. The summed E-state index contributed by atoms with van der Waals surface area (Å²) in [4.78, 5) is 28.4. The average Bonchev–Trinajstić information content (AvgIpc) is 3.02. The molecule has 1 unspecified atom stereocenters. The second-order valence-corrected chi connectivity index (χ2v) is 8.13. The van der Waals surface area contributed by atoms with Crippen LogP contribution in [0.5, 0.6) is 0 Å². The minimum absolute atomic E-state index is 0.0682. The molecule has 0 fully saturated rings. The summed E-state index contributed by atoms with van der Waals surface area (Å²) in [6, 6.07) is 21.1. The van der Waals surface area contributed by atoms with Crippen LogP contribution >= 0.6 is 27.5 Å². The minimum Gasteiger partial charge on any atom is -0.450 e. The van der Waals surface area contributed by atoms with E-state index in [0.29, 0.717) is 27.2 Å². The number of hydrogen-bond acceptors (Lipinski definition) is 3. The minimum atomic E-state index is -0.600. The third-order valence-corrected chi connectivity index (χ3v) is 5.76. The van der Waals surface area contributed by atoms with Gasteiger partial charge in [-0.15, -0.1) is 0 Å². The summed E-state index contributed by atoms with van der Waals surface area (Å²) in [6.45, 7) is 0. The van der Waals surface area contributed by atoms with Crippen molar-refractivity contribution in [2.45, 2.75) is 6.04 Å². The summed E-state index contributed by atoms with van der Waals surface area (Å²) < 4.78 is 6.71. The molecule has 0 N–H and O–H groups in total. The van der Waals surface area contributed by atoms with Crippen LogP contribution in [0.3, 0.4) is 0 Å². The third-order valence-electron chi connectivity index (χ3n) is 5.03. The van der Waals surface area contributed by atoms with Crippen LogP contribution in [-0.2, 0) is 0 Å². The molecule has 0 saturated carbocycles. The summed E-state index contributed by atoms with van der Waals surface area (Å²) in [6.07, 6.45) is 0. The van der Waals surface area contributed by atoms with Gasteiger partial charge < -0.3 is 4.42 Å². The smallest absolute Gasteiger partial charge is 0.295 e. The first-order valence-electron chi connectivity index (χ1n) is 8.95. The van der Waals surface area contributed by atoms with E-state index in [0.717, 1.165) is 10.0 Å². The zero-order valence-corrected chi connectivity index (χ0v) is 17.3. The molecule has 142 valence electrons. The number of hydrogen-bond donors (Lipinski definition) is 0. The van der Waals surface area contributed by atoms with Crippen molar-refractivity contribution < 1.29 is 9.21 Å². The molecule has 4 nitrogen and oxygen atoms in total. The lowest BCUT2D eigenvalue weighted by atomic mass is 9.98. The summed E-state index contributed by atoms with van der Waals surface area (Å²) >= 11 is 9.58. The van der Waals surface area contributed by atoms with Crippen LogP contribution in [0.15, 0.2) is 86.5 Å². The van der Waals surface area contributed by atoms with E-state index in [1.165, 1.54) is 0 Å². The highest BCUT2D eigenvalue weighted by atomic mass is 79.9. The highest BCUT2D eigenvalue weighted by Crippen LogP contribution is 2.41. The lowest BCUT2D eigenvalue weighted by Gasteiger charge is -2.25. The van der Waals surface area contributed by atoms with E-state index >= 15 is 0 Å². The van der Waals surface area contributed by atoms with Crippen molar-refractivity contribution >= 4 is 50.1 Å². The van der Waals surface area contributed by atoms with Gasteiger partial charge in [-0.2, -0.15) is 0 Å². The fraction of sp³-hybridized carbons (Fsp3) is 0.0435. The molecule has 1 atom stereocenters. The van der Waals surface area contributed by atoms with Gasteiger partial charge in [0.05, 0.1) is 17.0 Å². The van der Waals surface area contributed by atoms with Crippen LogP contribution in [0.25, 0.3) is 11.0 Å². The monoisotopic (exact) mass is 465 g/mol. The zero-order valence-electron chi connectivity index (χ0n) is 14.9. The predicted octanol–water partition coefficient (Wildman–Crippen LogP) is 5.96. The molecule has 2 heterocycles. The molecule has 4 aromatic rings. The Kier molecular flexibility index (Phi) is 4.30. The van der Waals surface area contributed by atoms with Crippen molar-refractivity contribution in [3.8, 4) is 0 Å². The SMILES string of the molecule is O=C1c2oc3ccc(Br)cc3c(=O)c2C(c2ccccc2)N1c1cccc(Cl)c1. The molecule has 3 aromatic carbocycles. The Morgan fingerprint density at radius 2 is 1.72 bits per heavy atom. The van der Waals surface area contributed by atoms with E-state index in [1.807, 2.05) is 30.3 Å². The molecule has 6 heteroatoms. The number of anilines is 1. The van der Waals surface area contributed by atoms with Crippen molar-refractivity contribution in [3.63, 3.8) is 0 Å². The fourth-order valence-electron chi connectivity index (χ4n) is 3.79. The standard InChI is InChI=1S/C23H13BrClNO3/c24-14-9-10-18-17(11-14)21(27)19-20(13-5-2-1-3-6-13)26(23(28)22(19)29-18)16-8-4-7-15(25)12-16/h1-12,20H. The van der Waals surface area contributed by atoms with Crippen molar-refractivity contribution in [1.29, 1.82) is 0 Å². The molecule has 1 aliphatic rings. The quantitative estimate of drug-likeness (QED) is 0.366. The van der Waals surface area contributed by atoms with E-state index in [1.54, 1.807) is 47.4 Å². The summed E-state index contributed by atoms with van der Waals surface area (Å²) in [5, 5.41) is 0.936. The van der Waals surface area contributed by atoms with Crippen molar-refractivity contribution in [3.05, 3.63) is 109 Å². The number of fused-ring (bicyclic) bond motifs is 2. The zero-order chi connectivity index (χ0) is 20.1. The third kappa shape index (κ3) is 2.89. The molecule has 5 rings (SSSR count). The first kappa shape index (κ1) is 18.2. The van der Waals surface area contributed by atoms with Gasteiger partial charge in [0.25, 0.3) is 5.91 Å². The lowest BCUT2D eigenvalue weighted by molar-refractivity contribution is 0.0971. The number of benzene rings is 3. The lowest BCUT2D eigenvalue weighted by Crippen LogP contribution is -2.29. The average molecular weight is 467 g/mol. The fourth-order valence-corrected chi connectivity index (χ4v) is 4.33. The molecule has 0 aliphatic carbocycles. The number of rotatable bonds is 2. The topological polar surface area (TPSA) is 50.5 Å². The van der Waals surface area contributed by atoms with E-state index in [-0.39, 0.29) is 17.1 Å². The largest absolute Gasteiger partial charge is 0.450 e. The van der Waals surface area contributed by atoms with Gasteiger partial charge in [0.15, 0.2) is 5.43 Å². The van der Waals surface area contributed by atoms with Gasteiger partial charge in [-0.05, 0) is 42.0 Å². The molecule has 29 heavy (non-hydrogen) atoms. The van der Waals surface area contributed by atoms with Crippen LogP contribution in [-0.4, -0.2) is 5.91 Å². The molecule has 1 amide bonds. The maximum Gasteiger partial charge on any atom is 0.295 e. The second-order valence-electron chi connectivity index (χ2n) is 6.78. The van der Waals surface area contributed by atoms with Crippen molar-refractivity contribution in [2.24, 2.45) is 0 Å². The molecule has 0 saturated heterocycles. The highest BCUT2D eigenvalue weighted by molar-refractivity contribution is 9.10. The molecule has 0 radical (unpaired) electrons. The molecule has 0 bridgehead atoms. The maximum absolute atomic E-state index is 13.5. The molecule has 0 spiro atoms. The van der Waals surface area contributed by atoms with Crippen molar-refractivity contribution in [2.75, 3.05) is 4.90 Å². The Bertz CT molecular complexity index is 1330. The van der Waals surface area contributed by atoms with Gasteiger partial charge in [-0.25, -0.2) is 0 Å². The van der Waals surface area contributed by atoms with E-state index in [9.17, 15) is 9.59 Å². The van der Waals surface area contributed by atoms with Crippen LogP contribution < -0.4 is 10.3 Å². The Hall–Kier alpha value is -2.89. The van der Waals surface area contributed by atoms with Crippen molar-refractivity contribution in [1.82, 2.24) is 0 Å². The highest BCUT2D eigenvalue weighted by Gasteiger charge is 2.43. The van der Waals surface area contributed by atoms with Crippen LogP contribution in [0.1, 0.15) is 27.7 Å². The van der Waals surface area contributed by atoms with Crippen LogP contribution in [0.4, 0.5) is 5.69 Å². The number of nitrogens with zero attached hydrogens (tertiary/aromatic N) is 1. The molecular formula is C23H13BrClNO3. The van der Waals surface area contributed by atoms with Gasteiger partial charge in [0.2, 0.25) is 5.76 Å². The predicted molar refractivity (Wildman–Crippen MR) is 117 cm³/mol. The number of carbonyl (C=O) groups excluding carboxylic acids is 1. The second kappa shape index (κ2) is 6.87. The number of halogens is 2. The van der Waals surface area contributed by atoms with Gasteiger partial charge in [0.1, 0.15) is 5.58 Å². The Morgan fingerprint density at radius 1 is 0.931 bits per heavy atom. The molecular weight excluding hydrogens is 454 g/mol. The van der Waals surface area contributed by atoms with E-state index < -0.39 is 6.04 Å². The maximum atomic E-state index is 13.5. The number of carbonyl (C=O) groups is 1. The Balaban J connectivity index is 1.84. The summed E-state index contributed by atoms with van der Waals surface area (Å²) in [7, 11) is 0. The van der Waals surface area contributed by atoms with Crippen LogP contribution in [0, 0.1) is 0 Å². The normalized spacial score (nSPS) is 15.7. The van der Waals surface area contributed by atoms with Crippen LogP contribution in [0.2, 0.25) is 5.02 Å². The van der Waals surface area contributed by atoms with Gasteiger partial charge in [-0.1, -0.05) is 63.9 Å². The van der Waals surface area contributed by atoms with Gasteiger partial charge in [-0.3, -0.25) is 14.5 Å². The number of amides is 1. The Labute approximate surface area is 179 Å². The van der Waals surface area contributed by atoms with Gasteiger partial charge in [0, 0.05) is 15.2 Å².